The van der Waals surface area contributed by atoms with Gasteiger partial charge in [-0.15, -0.1) is 0 Å². The zero-order valence-electron chi connectivity index (χ0n) is 5.16. The van der Waals surface area contributed by atoms with Crippen molar-refractivity contribution in [2.45, 2.75) is 0 Å². The van der Waals surface area contributed by atoms with Crippen molar-refractivity contribution >= 4 is 16.8 Å². The second-order valence-electron chi connectivity index (χ2n) is 1.95. The largest absolute Gasteiger partial charge is 0.463 e. The van der Waals surface area contributed by atoms with Crippen LogP contribution in [0.3, 0.4) is 0 Å². The first kappa shape index (κ1) is 5.29. The molecule has 0 unspecified atom stereocenters. The van der Waals surface area contributed by atoms with Crippen molar-refractivity contribution in [2.75, 3.05) is 5.73 Å². The van der Waals surface area contributed by atoms with Crippen molar-refractivity contribution in [3.05, 3.63) is 24.6 Å². The van der Waals surface area contributed by atoms with Crippen LogP contribution in [0.1, 0.15) is 0 Å². The maximum Gasteiger partial charge on any atom is 0.139 e. The number of furan rings is 1. The summed E-state index contributed by atoms with van der Waals surface area (Å²) < 4.78 is 5.02. The molecular weight excluding hydrogens is 128 g/mol. The lowest BCUT2D eigenvalue weighted by Gasteiger charge is -1.89. The third-order valence-corrected chi connectivity index (χ3v) is 1.33. The van der Waals surface area contributed by atoms with Crippen LogP contribution in [0.4, 0.5) is 5.82 Å². The number of nitrogen functional groups attached to an aromatic ring is 1. The molecule has 2 heterocycles. The molecule has 0 aliphatic rings. The first-order chi connectivity index (χ1) is 4.88. The number of pyridine rings is 1. The summed E-state index contributed by atoms with van der Waals surface area (Å²) in [6, 6.07) is 4.59. The van der Waals surface area contributed by atoms with Crippen LogP contribution in [0, 0.1) is 6.07 Å². The zero-order valence-corrected chi connectivity index (χ0v) is 5.16. The summed E-state index contributed by atoms with van der Waals surface area (Å²) in [6.45, 7) is 0. The molecule has 0 aliphatic carbocycles. The van der Waals surface area contributed by atoms with Crippen LogP contribution in [0.25, 0.3) is 11.0 Å². The highest BCUT2D eigenvalue weighted by molar-refractivity contribution is 5.85. The van der Waals surface area contributed by atoms with Gasteiger partial charge in [-0.3, -0.25) is 0 Å². The number of anilines is 1. The Labute approximate surface area is 57.5 Å². The molecule has 0 saturated heterocycles. The average Bonchev–Trinajstić information content (AvgIpc) is 2.36. The molecule has 0 aromatic carbocycles. The smallest absolute Gasteiger partial charge is 0.139 e. The molecule has 10 heavy (non-hydrogen) atoms. The van der Waals surface area contributed by atoms with Gasteiger partial charge in [-0.2, -0.15) is 0 Å². The predicted molar refractivity (Wildman–Crippen MR) is 37.3 cm³/mol. The van der Waals surface area contributed by atoms with Gasteiger partial charge in [0.15, 0.2) is 0 Å². The molecule has 0 fully saturated rings. The Hall–Kier alpha value is -1.51. The van der Waals surface area contributed by atoms with Crippen LogP contribution in [0.2, 0.25) is 0 Å². The summed E-state index contributed by atoms with van der Waals surface area (Å²) >= 11 is 0. The molecule has 49 valence electrons. The van der Waals surface area contributed by atoms with Gasteiger partial charge in [0.05, 0.1) is 11.6 Å². The normalized spacial score (nSPS) is 10.4. The quantitative estimate of drug-likeness (QED) is 0.587. The molecule has 0 saturated carbocycles. The highest BCUT2D eigenvalue weighted by Gasteiger charge is 1.98. The predicted octanol–water partition coefficient (Wildman–Crippen LogP) is 1.21. The van der Waals surface area contributed by atoms with E-state index in [0.717, 1.165) is 11.0 Å². The third kappa shape index (κ3) is 0.572. The van der Waals surface area contributed by atoms with Gasteiger partial charge < -0.3 is 10.2 Å². The lowest BCUT2D eigenvalue weighted by Crippen LogP contribution is -1.87. The van der Waals surface area contributed by atoms with Gasteiger partial charge in [-0.05, 0) is 6.07 Å². The highest BCUT2D eigenvalue weighted by Crippen LogP contribution is 2.17. The fraction of sp³-hybridized carbons (Fsp3) is 0. The topological polar surface area (TPSA) is 52.0 Å². The van der Waals surface area contributed by atoms with Crippen LogP contribution in [-0.4, -0.2) is 4.98 Å². The monoisotopic (exact) mass is 133 g/mol. The van der Waals surface area contributed by atoms with E-state index in [2.05, 4.69) is 11.1 Å². The highest BCUT2D eigenvalue weighted by atomic mass is 16.3. The summed E-state index contributed by atoms with van der Waals surface area (Å²) in [6.07, 6.45) is 3.08. The van der Waals surface area contributed by atoms with Gasteiger partial charge >= 0.3 is 0 Å². The number of hydrogen-bond donors (Lipinski definition) is 1. The molecule has 2 rings (SSSR count). The van der Waals surface area contributed by atoms with Gasteiger partial charge in [0, 0.05) is 12.3 Å². The fourth-order valence-corrected chi connectivity index (χ4v) is 0.855. The van der Waals surface area contributed by atoms with E-state index in [9.17, 15) is 0 Å². The van der Waals surface area contributed by atoms with Crippen LogP contribution in [-0.2, 0) is 0 Å². The van der Waals surface area contributed by atoms with Crippen LogP contribution >= 0.6 is 0 Å². The second-order valence-corrected chi connectivity index (χ2v) is 1.95. The molecule has 0 spiro atoms. The van der Waals surface area contributed by atoms with Crippen molar-refractivity contribution in [3.63, 3.8) is 0 Å². The maximum absolute atomic E-state index is 5.50. The first-order valence-electron chi connectivity index (χ1n) is 2.87. The SMILES string of the molecule is Nc1nccc2oc[c]c12. The third-order valence-electron chi connectivity index (χ3n) is 1.33. The minimum atomic E-state index is 0.464. The Bertz CT molecular complexity index is 353. The van der Waals surface area contributed by atoms with E-state index >= 15 is 0 Å². The molecule has 3 nitrogen and oxygen atoms in total. The molecule has 0 atom stereocenters. The van der Waals surface area contributed by atoms with E-state index in [-0.39, 0.29) is 0 Å². The molecule has 0 bridgehead atoms. The Morgan fingerprint density at radius 2 is 2.50 bits per heavy atom. The molecule has 2 aromatic rings. The number of nitrogens with zero attached hydrogens (tertiary/aromatic N) is 1. The van der Waals surface area contributed by atoms with E-state index in [1.807, 2.05) is 0 Å². The van der Waals surface area contributed by atoms with Gasteiger partial charge in [0.25, 0.3) is 0 Å². The van der Waals surface area contributed by atoms with Crippen molar-refractivity contribution < 1.29 is 4.42 Å². The Morgan fingerprint density at radius 3 is 3.30 bits per heavy atom. The number of rotatable bonds is 0. The zero-order chi connectivity index (χ0) is 6.97. The number of aromatic nitrogens is 1. The molecular formula is C7H5N2O. The van der Waals surface area contributed by atoms with Gasteiger partial charge in [0.2, 0.25) is 0 Å². The molecule has 2 N–H and O–H groups in total. The van der Waals surface area contributed by atoms with E-state index in [1.165, 1.54) is 6.26 Å². The lowest BCUT2D eigenvalue weighted by atomic mass is 10.3. The lowest BCUT2D eigenvalue weighted by molar-refractivity contribution is 0.615. The minimum Gasteiger partial charge on any atom is -0.463 e. The van der Waals surface area contributed by atoms with Crippen LogP contribution in [0.15, 0.2) is 22.9 Å². The van der Waals surface area contributed by atoms with Gasteiger partial charge in [-0.25, -0.2) is 4.98 Å². The molecule has 3 heteroatoms. The molecule has 0 aliphatic heterocycles. The Kier molecular flexibility index (Phi) is 0.917. The number of fused-ring (bicyclic) bond motifs is 1. The fourth-order valence-electron chi connectivity index (χ4n) is 0.855. The minimum absolute atomic E-state index is 0.464. The Balaban J connectivity index is 2.95. The molecule has 2 aromatic heterocycles. The molecule has 0 amide bonds. The number of nitrogens with two attached hydrogens (primary N) is 1. The van der Waals surface area contributed by atoms with Crippen LogP contribution in [0.5, 0.6) is 0 Å². The second kappa shape index (κ2) is 1.73. The number of hydrogen-bond acceptors (Lipinski definition) is 3. The van der Waals surface area contributed by atoms with Crippen LogP contribution < -0.4 is 5.73 Å². The molecule has 1 radical (unpaired) electrons. The van der Waals surface area contributed by atoms with E-state index < -0.39 is 0 Å². The van der Waals surface area contributed by atoms with Gasteiger partial charge in [-0.1, -0.05) is 0 Å². The first-order valence-corrected chi connectivity index (χ1v) is 2.87. The summed E-state index contributed by atoms with van der Waals surface area (Å²) in [5, 5.41) is 0.752. The van der Waals surface area contributed by atoms with E-state index in [4.69, 9.17) is 10.2 Å². The van der Waals surface area contributed by atoms with Crippen molar-refractivity contribution in [2.24, 2.45) is 0 Å². The summed E-state index contributed by atoms with van der Waals surface area (Å²) in [4.78, 5) is 3.87. The summed E-state index contributed by atoms with van der Waals surface area (Å²) in [7, 11) is 0. The summed E-state index contributed by atoms with van der Waals surface area (Å²) in [5.41, 5.74) is 6.23. The van der Waals surface area contributed by atoms with Crippen molar-refractivity contribution in [3.8, 4) is 0 Å². The van der Waals surface area contributed by atoms with Gasteiger partial charge in [0.1, 0.15) is 11.4 Å². The standard InChI is InChI=1S/C7H5N2O/c8-7-5-2-4-10-6(5)1-3-9-7/h1,3-4H,(H2,8,9). The average molecular weight is 133 g/mol. The van der Waals surface area contributed by atoms with E-state index in [1.54, 1.807) is 12.3 Å². The maximum atomic E-state index is 5.50. The summed E-state index contributed by atoms with van der Waals surface area (Å²) in [5.74, 6) is 0.464. The van der Waals surface area contributed by atoms with Crippen molar-refractivity contribution in [1.29, 1.82) is 0 Å². The van der Waals surface area contributed by atoms with E-state index in [0.29, 0.717) is 5.82 Å². The van der Waals surface area contributed by atoms with Crippen molar-refractivity contribution in [1.82, 2.24) is 4.98 Å². The Morgan fingerprint density at radius 1 is 1.60 bits per heavy atom.